The van der Waals surface area contributed by atoms with Crippen LogP contribution in [0.5, 0.6) is 0 Å². The average molecular weight is 140 g/mol. The lowest BCUT2D eigenvalue weighted by molar-refractivity contribution is 0.186. The van der Waals surface area contributed by atoms with Gasteiger partial charge in [0.2, 0.25) is 0 Å². The van der Waals surface area contributed by atoms with Crippen LogP contribution < -0.4 is 0 Å². The van der Waals surface area contributed by atoms with Crippen LogP contribution in [0.15, 0.2) is 0 Å². The zero-order valence-corrected chi connectivity index (χ0v) is 4.72. The van der Waals surface area contributed by atoms with Gasteiger partial charge in [-0.05, 0) is 11.0 Å². The molecule has 0 spiro atoms. The van der Waals surface area contributed by atoms with Gasteiger partial charge in [0.25, 0.3) is 0 Å². The largest absolute Gasteiger partial charge is 0.394 e. The van der Waals surface area contributed by atoms with Crippen molar-refractivity contribution in [2.24, 2.45) is 0 Å². The van der Waals surface area contributed by atoms with E-state index in [2.05, 4.69) is 4.74 Å². The minimum Gasteiger partial charge on any atom is -0.394 e. The Hall–Kier alpha value is 0.0969. The third-order valence-corrected chi connectivity index (χ3v) is 0.1000. The van der Waals surface area contributed by atoms with Crippen LogP contribution in [-0.2, 0) is 4.74 Å². The molecule has 0 aromatic rings. The molecule has 0 atom stereocenters. The molecule has 0 aromatic heterocycles. The van der Waals surface area contributed by atoms with Crippen molar-refractivity contribution in [2.45, 2.75) is 0 Å². The first kappa shape index (κ1) is 15.7. The monoisotopic (exact) mass is 140 g/mol. The Labute approximate surface area is 54.3 Å². The molecule has 0 aliphatic heterocycles. The molecule has 0 rings (SSSR count). The lowest BCUT2D eigenvalue weighted by Crippen LogP contribution is -1.85. The first-order valence-electron chi connectivity index (χ1n) is 1.95. The molecule has 0 aliphatic rings. The second-order valence-corrected chi connectivity index (χ2v) is 0.855. The summed E-state index contributed by atoms with van der Waals surface area (Å²) in [4.78, 5) is 0. The van der Waals surface area contributed by atoms with Crippen LogP contribution in [0.1, 0.15) is 0 Å². The Morgan fingerprint density at radius 1 is 1.12 bits per heavy atom. The normalized spacial score (nSPS) is 6.00. The molecule has 0 fully saturated rings. The summed E-state index contributed by atoms with van der Waals surface area (Å²) in [7, 11) is 3.25. The highest BCUT2D eigenvalue weighted by Gasteiger charge is 1.58. The summed E-state index contributed by atoms with van der Waals surface area (Å²) < 4.78 is 4.25. The fourth-order valence-electron chi connectivity index (χ4n) is 0. The van der Waals surface area contributed by atoms with E-state index in [0.29, 0.717) is 0 Å². The third-order valence-electron chi connectivity index (χ3n) is 0.1000. The Balaban J connectivity index is -0.0000000575. The van der Waals surface area contributed by atoms with Gasteiger partial charge in [0.1, 0.15) is 0 Å². The van der Waals surface area contributed by atoms with Crippen molar-refractivity contribution in [3.8, 4) is 0 Å². The summed E-state index contributed by atoms with van der Waals surface area (Å²) in [6, 6.07) is 0. The summed E-state index contributed by atoms with van der Waals surface area (Å²) in [5.41, 5.74) is 0. The number of rotatable bonds is 1. The molecule has 0 unspecified atom stereocenters. The molecule has 3 nitrogen and oxygen atoms in total. The molecule has 0 amide bonds. The smallest absolute Gasteiger partial charge is 0.0662 e. The molecular weight excluding hydrogens is 124 g/mol. The second kappa shape index (κ2) is 27.5. The summed E-state index contributed by atoms with van der Waals surface area (Å²) >= 11 is 0. The first-order chi connectivity index (χ1) is 3.33. The molecule has 0 radical (unpaired) electrons. The van der Waals surface area contributed by atoms with Crippen molar-refractivity contribution >= 4 is 11.0 Å². The van der Waals surface area contributed by atoms with E-state index in [1.165, 1.54) is 0 Å². The van der Waals surface area contributed by atoms with Crippen molar-refractivity contribution in [3.05, 3.63) is 0 Å². The standard InChI is InChI=1S/C2H6O2.C2H6O.H4Si/c3-1-2-4;1-3-2;/h3-4H,1-2H2;1-2H3;1H4. The van der Waals surface area contributed by atoms with Gasteiger partial charge < -0.3 is 14.9 Å². The predicted octanol–water partition coefficient (Wildman–Crippen LogP) is -2.22. The van der Waals surface area contributed by atoms with Crippen LogP contribution in [0.4, 0.5) is 0 Å². The Kier molecular flexibility index (Phi) is 54.0. The van der Waals surface area contributed by atoms with E-state index in [-0.39, 0.29) is 24.2 Å². The number of ether oxygens (including phenoxy) is 1. The molecule has 0 saturated carbocycles. The molecule has 0 saturated heterocycles. The van der Waals surface area contributed by atoms with Gasteiger partial charge in [0.15, 0.2) is 0 Å². The van der Waals surface area contributed by atoms with Crippen molar-refractivity contribution in [2.75, 3.05) is 27.4 Å². The van der Waals surface area contributed by atoms with Gasteiger partial charge in [-0.25, -0.2) is 0 Å². The maximum absolute atomic E-state index is 7.62. The highest BCUT2D eigenvalue weighted by molar-refractivity contribution is 5.75. The van der Waals surface area contributed by atoms with Gasteiger partial charge in [0, 0.05) is 14.2 Å². The molecular formula is C4H16O3Si. The highest BCUT2D eigenvalue weighted by Crippen LogP contribution is 1.39. The summed E-state index contributed by atoms with van der Waals surface area (Å²) in [5, 5.41) is 15.2. The number of aliphatic hydroxyl groups excluding tert-OH is 2. The van der Waals surface area contributed by atoms with E-state index in [9.17, 15) is 0 Å². The summed E-state index contributed by atoms with van der Waals surface area (Å²) in [6.07, 6.45) is 0. The van der Waals surface area contributed by atoms with Gasteiger partial charge in [-0.15, -0.1) is 0 Å². The quantitative estimate of drug-likeness (QED) is 0.406. The maximum Gasteiger partial charge on any atom is 0.0662 e. The Morgan fingerprint density at radius 3 is 1.25 bits per heavy atom. The fourth-order valence-corrected chi connectivity index (χ4v) is 0. The number of aliphatic hydroxyl groups is 2. The minimum atomic E-state index is -0.125. The van der Waals surface area contributed by atoms with E-state index in [1.54, 1.807) is 14.2 Å². The SMILES string of the molecule is COC.OCCO.[SiH4]. The minimum absolute atomic E-state index is 0. The van der Waals surface area contributed by atoms with E-state index < -0.39 is 0 Å². The molecule has 4 heteroatoms. The van der Waals surface area contributed by atoms with Crippen molar-refractivity contribution in [3.63, 3.8) is 0 Å². The van der Waals surface area contributed by atoms with Gasteiger partial charge in [-0.2, -0.15) is 0 Å². The second-order valence-electron chi connectivity index (χ2n) is 0.855. The number of methoxy groups -OCH3 is 1. The van der Waals surface area contributed by atoms with E-state index in [0.717, 1.165) is 0 Å². The Morgan fingerprint density at radius 2 is 1.25 bits per heavy atom. The lowest BCUT2D eigenvalue weighted by atomic mass is 10.8. The van der Waals surface area contributed by atoms with Crippen molar-refractivity contribution in [1.29, 1.82) is 0 Å². The summed E-state index contributed by atoms with van der Waals surface area (Å²) in [6.45, 7) is -0.250. The first-order valence-corrected chi connectivity index (χ1v) is 1.95. The molecule has 54 valence electrons. The van der Waals surface area contributed by atoms with Gasteiger partial charge in [-0.3, -0.25) is 0 Å². The van der Waals surface area contributed by atoms with Crippen LogP contribution in [0, 0.1) is 0 Å². The third kappa shape index (κ3) is 132. The topological polar surface area (TPSA) is 49.7 Å². The molecule has 2 N–H and O–H groups in total. The lowest BCUT2D eigenvalue weighted by Gasteiger charge is -1.70. The Bertz CT molecular complexity index is 18.8. The van der Waals surface area contributed by atoms with Gasteiger partial charge in [0.05, 0.1) is 13.2 Å². The molecule has 0 aromatic carbocycles. The number of hydrogen-bond acceptors (Lipinski definition) is 3. The predicted molar refractivity (Wildman–Crippen MR) is 38.4 cm³/mol. The van der Waals surface area contributed by atoms with Gasteiger partial charge in [-0.1, -0.05) is 0 Å². The van der Waals surface area contributed by atoms with Crippen LogP contribution in [0.2, 0.25) is 0 Å². The van der Waals surface area contributed by atoms with Crippen LogP contribution in [0.3, 0.4) is 0 Å². The van der Waals surface area contributed by atoms with Crippen LogP contribution >= 0.6 is 0 Å². The van der Waals surface area contributed by atoms with E-state index in [1.807, 2.05) is 0 Å². The van der Waals surface area contributed by atoms with E-state index in [4.69, 9.17) is 10.2 Å². The van der Waals surface area contributed by atoms with Crippen LogP contribution in [0.25, 0.3) is 0 Å². The number of hydrogen-bond donors (Lipinski definition) is 2. The zero-order valence-electron chi connectivity index (χ0n) is 4.72. The molecule has 0 heterocycles. The van der Waals surface area contributed by atoms with Crippen molar-refractivity contribution in [1.82, 2.24) is 0 Å². The van der Waals surface area contributed by atoms with Crippen molar-refractivity contribution < 1.29 is 14.9 Å². The highest BCUT2D eigenvalue weighted by atomic mass is 28.1. The fraction of sp³-hybridized carbons (Fsp3) is 1.00. The molecule has 8 heavy (non-hydrogen) atoms. The molecule has 0 aliphatic carbocycles. The van der Waals surface area contributed by atoms with Crippen LogP contribution in [-0.4, -0.2) is 48.6 Å². The maximum atomic E-state index is 7.62. The zero-order chi connectivity index (χ0) is 6.12. The van der Waals surface area contributed by atoms with E-state index >= 15 is 0 Å². The average Bonchev–Trinajstić information content (AvgIpc) is 1.69. The summed E-state index contributed by atoms with van der Waals surface area (Å²) in [5.74, 6) is 0. The van der Waals surface area contributed by atoms with Gasteiger partial charge >= 0.3 is 0 Å². The molecule has 0 bridgehead atoms.